The van der Waals surface area contributed by atoms with Crippen molar-refractivity contribution in [3.05, 3.63) is 40.0 Å². The summed E-state index contributed by atoms with van der Waals surface area (Å²) in [4.78, 5) is 0. The number of halogens is 2. The van der Waals surface area contributed by atoms with Crippen LogP contribution in [-0.2, 0) is 6.42 Å². The van der Waals surface area contributed by atoms with Gasteiger partial charge in [-0.05, 0) is 24.6 Å². The van der Waals surface area contributed by atoms with Gasteiger partial charge in [-0.15, -0.1) is 0 Å². The lowest BCUT2D eigenvalue weighted by molar-refractivity contribution is 0.867. The highest BCUT2D eigenvalue weighted by Gasteiger charge is 2.11. The average Bonchev–Trinajstić information content (AvgIpc) is 2.67. The Morgan fingerprint density at radius 1 is 1.25 bits per heavy atom. The Morgan fingerprint density at radius 3 is 2.56 bits per heavy atom. The van der Waals surface area contributed by atoms with E-state index in [1.807, 2.05) is 24.3 Å². The number of aryl methyl sites for hydroxylation is 1. The maximum Gasteiger partial charge on any atom is 0.0953 e. The Bertz CT molecular complexity index is 471. The number of hydrogen-bond donors (Lipinski definition) is 1. The van der Waals surface area contributed by atoms with Gasteiger partial charge in [-0.3, -0.25) is 5.10 Å². The molecule has 2 nitrogen and oxygen atoms in total. The van der Waals surface area contributed by atoms with E-state index in [0.717, 1.165) is 29.8 Å². The van der Waals surface area contributed by atoms with Crippen molar-refractivity contribution in [1.82, 2.24) is 10.2 Å². The molecule has 0 aliphatic rings. The third-order valence-electron chi connectivity index (χ3n) is 2.37. The highest BCUT2D eigenvalue weighted by Crippen LogP contribution is 2.33. The van der Waals surface area contributed by atoms with Crippen molar-refractivity contribution in [3.63, 3.8) is 0 Å². The summed E-state index contributed by atoms with van der Waals surface area (Å²) in [6, 6.07) is 7.46. The van der Waals surface area contributed by atoms with Crippen LogP contribution < -0.4 is 0 Å². The standard InChI is InChI=1S/C12H12Cl2N2/c1-2-4-8-7-11(16-15-8)12-9(13)5-3-6-10(12)14/h3,5-7H,2,4H2,1H3,(H,15,16). The minimum absolute atomic E-state index is 0.627. The largest absolute Gasteiger partial charge is 0.282 e. The Labute approximate surface area is 105 Å². The first kappa shape index (κ1) is 11.5. The van der Waals surface area contributed by atoms with Crippen LogP contribution in [-0.4, -0.2) is 10.2 Å². The normalized spacial score (nSPS) is 10.7. The van der Waals surface area contributed by atoms with Gasteiger partial charge in [-0.2, -0.15) is 5.10 Å². The highest BCUT2D eigenvalue weighted by atomic mass is 35.5. The summed E-state index contributed by atoms with van der Waals surface area (Å²) >= 11 is 12.2. The number of rotatable bonds is 3. The lowest BCUT2D eigenvalue weighted by atomic mass is 10.1. The van der Waals surface area contributed by atoms with Gasteiger partial charge in [-0.1, -0.05) is 42.6 Å². The first-order valence-electron chi connectivity index (χ1n) is 5.21. The summed E-state index contributed by atoms with van der Waals surface area (Å²) in [6.07, 6.45) is 2.06. The number of H-pyrrole nitrogens is 1. The third-order valence-corrected chi connectivity index (χ3v) is 3.00. The summed E-state index contributed by atoms with van der Waals surface area (Å²) in [5.74, 6) is 0. The van der Waals surface area contributed by atoms with Crippen LogP contribution in [0.2, 0.25) is 10.0 Å². The molecule has 0 radical (unpaired) electrons. The van der Waals surface area contributed by atoms with Crippen LogP contribution in [0, 0.1) is 0 Å². The van der Waals surface area contributed by atoms with Crippen LogP contribution in [0.1, 0.15) is 19.0 Å². The predicted molar refractivity (Wildman–Crippen MR) is 68.0 cm³/mol. The van der Waals surface area contributed by atoms with E-state index in [0.29, 0.717) is 10.0 Å². The molecule has 0 fully saturated rings. The lowest BCUT2D eigenvalue weighted by Gasteiger charge is -2.02. The van der Waals surface area contributed by atoms with Gasteiger partial charge in [0.25, 0.3) is 0 Å². The second kappa shape index (κ2) is 4.89. The van der Waals surface area contributed by atoms with Crippen LogP contribution in [0.15, 0.2) is 24.3 Å². The molecule has 0 saturated heterocycles. The minimum Gasteiger partial charge on any atom is -0.282 e. The molecule has 16 heavy (non-hydrogen) atoms. The minimum atomic E-state index is 0.627. The van der Waals surface area contributed by atoms with E-state index >= 15 is 0 Å². The van der Waals surface area contributed by atoms with Crippen LogP contribution >= 0.6 is 23.2 Å². The second-order valence-electron chi connectivity index (χ2n) is 3.63. The van der Waals surface area contributed by atoms with Gasteiger partial charge in [0.15, 0.2) is 0 Å². The molecule has 2 aromatic rings. The van der Waals surface area contributed by atoms with Crippen molar-refractivity contribution in [2.75, 3.05) is 0 Å². The maximum absolute atomic E-state index is 6.11. The summed E-state index contributed by atoms with van der Waals surface area (Å²) in [5.41, 5.74) is 2.71. The summed E-state index contributed by atoms with van der Waals surface area (Å²) in [7, 11) is 0. The first-order valence-corrected chi connectivity index (χ1v) is 5.96. The number of aromatic amines is 1. The molecule has 4 heteroatoms. The molecule has 0 aliphatic carbocycles. The molecule has 0 aliphatic heterocycles. The van der Waals surface area contributed by atoms with E-state index in [9.17, 15) is 0 Å². The molecule has 1 heterocycles. The lowest BCUT2D eigenvalue weighted by Crippen LogP contribution is -1.81. The molecule has 1 aromatic carbocycles. The molecule has 84 valence electrons. The van der Waals surface area contributed by atoms with E-state index in [2.05, 4.69) is 17.1 Å². The number of nitrogens with zero attached hydrogens (tertiary/aromatic N) is 1. The van der Waals surface area contributed by atoms with E-state index in [1.54, 1.807) is 0 Å². The van der Waals surface area contributed by atoms with Gasteiger partial charge >= 0.3 is 0 Å². The van der Waals surface area contributed by atoms with Crippen LogP contribution in [0.3, 0.4) is 0 Å². The van der Waals surface area contributed by atoms with Crippen LogP contribution in [0.5, 0.6) is 0 Å². The van der Waals surface area contributed by atoms with Crippen molar-refractivity contribution in [2.45, 2.75) is 19.8 Å². The molecule has 0 saturated carbocycles. The molecule has 0 spiro atoms. The topological polar surface area (TPSA) is 28.7 Å². The average molecular weight is 255 g/mol. The monoisotopic (exact) mass is 254 g/mol. The third kappa shape index (κ3) is 2.23. The van der Waals surface area contributed by atoms with Crippen LogP contribution in [0.25, 0.3) is 11.3 Å². The second-order valence-corrected chi connectivity index (χ2v) is 4.44. The van der Waals surface area contributed by atoms with Gasteiger partial charge in [0.2, 0.25) is 0 Å². The predicted octanol–water partition coefficient (Wildman–Crippen LogP) is 4.34. The summed E-state index contributed by atoms with van der Waals surface area (Å²) in [6.45, 7) is 2.13. The molecule has 1 aromatic heterocycles. The summed E-state index contributed by atoms with van der Waals surface area (Å²) < 4.78 is 0. The Balaban J connectivity index is 2.42. The molecule has 0 unspecified atom stereocenters. The van der Waals surface area contributed by atoms with Gasteiger partial charge in [-0.25, -0.2) is 0 Å². The maximum atomic E-state index is 6.11. The van der Waals surface area contributed by atoms with Gasteiger partial charge in [0.05, 0.1) is 15.7 Å². The van der Waals surface area contributed by atoms with E-state index in [4.69, 9.17) is 23.2 Å². The SMILES string of the molecule is CCCc1cc(-c2c(Cl)cccc2Cl)n[nH]1. The molecule has 1 N–H and O–H groups in total. The fraction of sp³-hybridized carbons (Fsp3) is 0.250. The number of aromatic nitrogens is 2. The fourth-order valence-electron chi connectivity index (χ4n) is 1.63. The quantitative estimate of drug-likeness (QED) is 0.868. The van der Waals surface area contributed by atoms with Gasteiger partial charge in [0, 0.05) is 11.3 Å². The number of nitrogens with one attached hydrogen (secondary N) is 1. The highest BCUT2D eigenvalue weighted by molar-refractivity contribution is 6.39. The number of hydrogen-bond acceptors (Lipinski definition) is 1. The number of benzene rings is 1. The Hall–Kier alpha value is -0.990. The van der Waals surface area contributed by atoms with Crippen molar-refractivity contribution < 1.29 is 0 Å². The Kier molecular flexibility index (Phi) is 3.52. The van der Waals surface area contributed by atoms with Crippen molar-refractivity contribution in [1.29, 1.82) is 0 Å². The van der Waals surface area contributed by atoms with Crippen molar-refractivity contribution in [2.24, 2.45) is 0 Å². The Morgan fingerprint density at radius 2 is 1.94 bits per heavy atom. The molecular formula is C12H12Cl2N2. The smallest absolute Gasteiger partial charge is 0.0953 e. The molecule has 0 amide bonds. The zero-order chi connectivity index (χ0) is 11.5. The zero-order valence-corrected chi connectivity index (χ0v) is 10.4. The van der Waals surface area contributed by atoms with Crippen LogP contribution in [0.4, 0.5) is 0 Å². The van der Waals surface area contributed by atoms with Crippen molar-refractivity contribution in [3.8, 4) is 11.3 Å². The fourth-order valence-corrected chi connectivity index (χ4v) is 2.22. The van der Waals surface area contributed by atoms with E-state index in [-0.39, 0.29) is 0 Å². The van der Waals surface area contributed by atoms with Gasteiger partial charge < -0.3 is 0 Å². The zero-order valence-electron chi connectivity index (χ0n) is 8.93. The molecule has 2 rings (SSSR count). The first-order chi connectivity index (χ1) is 7.72. The molecular weight excluding hydrogens is 243 g/mol. The van der Waals surface area contributed by atoms with E-state index in [1.165, 1.54) is 0 Å². The van der Waals surface area contributed by atoms with E-state index < -0.39 is 0 Å². The molecule has 0 atom stereocenters. The van der Waals surface area contributed by atoms with Gasteiger partial charge in [0.1, 0.15) is 0 Å². The summed E-state index contributed by atoms with van der Waals surface area (Å²) in [5, 5.41) is 8.48. The molecule has 0 bridgehead atoms. The van der Waals surface area contributed by atoms with Crippen molar-refractivity contribution >= 4 is 23.2 Å².